The van der Waals surface area contributed by atoms with Crippen LogP contribution in [0, 0.1) is 12.7 Å². The Hall–Kier alpha value is -2.10. The summed E-state index contributed by atoms with van der Waals surface area (Å²) in [6.07, 6.45) is 0.668. The van der Waals surface area contributed by atoms with Crippen LogP contribution in [0.4, 0.5) is 4.39 Å². The highest BCUT2D eigenvalue weighted by molar-refractivity contribution is 5.73. The van der Waals surface area contributed by atoms with Crippen LogP contribution in [-0.4, -0.2) is 16.3 Å². The van der Waals surface area contributed by atoms with Crippen LogP contribution < -0.4 is 0 Å². The first-order valence-corrected chi connectivity index (χ1v) is 4.76. The van der Waals surface area contributed by atoms with Gasteiger partial charge < -0.3 is 0 Å². The van der Waals surface area contributed by atoms with Gasteiger partial charge in [0.25, 0.3) is 0 Å². The van der Waals surface area contributed by atoms with Crippen LogP contribution in [0.25, 0.3) is 11.4 Å². The molecule has 0 fully saturated rings. The van der Waals surface area contributed by atoms with Crippen molar-refractivity contribution < 1.29 is 9.18 Å². The van der Waals surface area contributed by atoms with Gasteiger partial charge in [-0.15, -0.1) is 0 Å². The molecule has 1 aromatic heterocycles. The number of halogens is 1. The molecule has 16 heavy (non-hydrogen) atoms. The molecule has 80 valence electrons. The number of rotatable bonds is 2. The fraction of sp³-hybridized carbons (Fsp3) is 0.0833. The van der Waals surface area contributed by atoms with E-state index >= 15 is 0 Å². The summed E-state index contributed by atoms with van der Waals surface area (Å²) in [5.41, 5.74) is 1.72. The van der Waals surface area contributed by atoms with E-state index in [0.29, 0.717) is 29.1 Å². The highest BCUT2D eigenvalue weighted by atomic mass is 19.1. The number of aryl methyl sites for hydroxylation is 1. The molecule has 0 amide bonds. The molecule has 0 saturated heterocycles. The van der Waals surface area contributed by atoms with Gasteiger partial charge in [-0.1, -0.05) is 0 Å². The first kappa shape index (κ1) is 10.4. The zero-order valence-corrected chi connectivity index (χ0v) is 8.64. The van der Waals surface area contributed by atoms with E-state index in [4.69, 9.17) is 0 Å². The molecule has 0 unspecified atom stereocenters. The minimum atomic E-state index is -0.313. The van der Waals surface area contributed by atoms with Crippen molar-refractivity contribution in [1.82, 2.24) is 9.97 Å². The van der Waals surface area contributed by atoms with Gasteiger partial charge in [0.1, 0.15) is 11.5 Å². The van der Waals surface area contributed by atoms with Crippen molar-refractivity contribution in [3.8, 4) is 11.4 Å². The van der Waals surface area contributed by atoms with Crippen molar-refractivity contribution in [3.63, 3.8) is 0 Å². The maximum absolute atomic E-state index is 12.7. The van der Waals surface area contributed by atoms with E-state index in [1.165, 1.54) is 12.1 Å². The Morgan fingerprint density at radius 1 is 1.19 bits per heavy atom. The highest BCUT2D eigenvalue weighted by Crippen LogP contribution is 2.15. The summed E-state index contributed by atoms with van der Waals surface area (Å²) in [6, 6.07) is 7.43. The van der Waals surface area contributed by atoms with E-state index in [9.17, 15) is 9.18 Å². The Kier molecular flexibility index (Phi) is 2.72. The van der Waals surface area contributed by atoms with E-state index in [-0.39, 0.29) is 5.82 Å². The normalized spacial score (nSPS) is 10.1. The minimum absolute atomic E-state index is 0.313. The van der Waals surface area contributed by atoms with Crippen molar-refractivity contribution in [3.05, 3.63) is 47.5 Å². The number of aldehydes is 1. The fourth-order valence-electron chi connectivity index (χ4n) is 1.38. The fourth-order valence-corrected chi connectivity index (χ4v) is 1.38. The van der Waals surface area contributed by atoms with Gasteiger partial charge in [0.15, 0.2) is 12.1 Å². The zero-order chi connectivity index (χ0) is 11.5. The van der Waals surface area contributed by atoms with Crippen molar-refractivity contribution in [2.45, 2.75) is 6.92 Å². The van der Waals surface area contributed by atoms with Crippen LogP contribution >= 0.6 is 0 Å². The zero-order valence-electron chi connectivity index (χ0n) is 8.64. The Labute approximate surface area is 92.0 Å². The SMILES string of the molecule is Cc1cc(C=O)nc(-c2ccc(F)cc2)n1. The van der Waals surface area contributed by atoms with Gasteiger partial charge in [0, 0.05) is 11.3 Å². The van der Waals surface area contributed by atoms with Gasteiger partial charge in [-0.25, -0.2) is 14.4 Å². The van der Waals surface area contributed by atoms with E-state index in [1.807, 2.05) is 0 Å². The summed E-state index contributed by atoms with van der Waals surface area (Å²) in [4.78, 5) is 18.9. The van der Waals surface area contributed by atoms with E-state index < -0.39 is 0 Å². The third-order valence-electron chi connectivity index (χ3n) is 2.10. The Morgan fingerprint density at radius 3 is 2.50 bits per heavy atom. The second kappa shape index (κ2) is 4.18. The number of benzene rings is 1. The molecule has 0 aliphatic rings. The highest BCUT2D eigenvalue weighted by Gasteiger charge is 2.04. The second-order valence-corrected chi connectivity index (χ2v) is 3.38. The van der Waals surface area contributed by atoms with E-state index in [0.717, 1.165) is 0 Å². The maximum Gasteiger partial charge on any atom is 0.168 e. The van der Waals surface area contributed by atoms with Gasteiger partial charge in [0.05, 0.1) is 0 Å². The van der Waals surface area contributed by atoms with Crippen molar-refractivity contribution in [2.24, 2.45) is 0 Å². The van der Waals surface area contributed by atoms with Crippen LogP contribution in [-0.2, 0) is 0 Å². The van der Waals surface area contributed by atoms with Gasteiger partial charge in [-0.2, -0.15) is 0 Å². The molecule has 0 aliphatic heterocycles. The number of carbonyl (C=O) groups is 1. The van der Waals surface area contributed by atoms with Crippen LogP contribution in [0.2, 0.25) is 0 Å². The van der Waals surface area contributed by atoms with Gasteiger partial charge in [-0.3, -0.25) is 4.79 Å². The summed E-state index contributed by atoms with van der Waals surface area (Å²) in [7, 11) is 0. The minimum Gasteiger partial charge on any atom is -0.296 e. The molecule has 0 bridgehead atoms. The summed E-state index contributed by atoms with van der Waals surface area (Å²) < 4.78 is 12.7. The molecular weight excluding hydrogens is 207 g/mol. The van der Waals surface area contributed by atoms with Gasteiger partial charge in [-0.05, 0) is 37.3 Å². The average molecular weight is 216 g/mol. The summed E-state index contributed by atoms with van der Waals surface area (Å²) in [5, 5.41) is 0. The predicted octanol–water partition coefficient (Wildman–Crippen LogP) is 2.40. The average Bonchev–Trinajstić information content (AvgIpc) is 2.29. The molecular formula is C12H9FN2O. The van der Waals surface area contributed by atoms with Crippen LogP contribution in [0.15, 0.2) is 30.3 Å². The largest absolute Gasteiger partial charge is 0.296 e. The number of hydrogen-bond acceptors (Lipinski definition) is 3. The van der Waals surface area contributed by atoms with Crippen molar-refractivity contribution >= 4 is 6.29 Å². The molecule has 0 atom stereocenters. The van der Waals surface area contributed by atoms with Crippen molar-refractivity contribution in [2.75, 3.05) is 0 Å². The summed E-state index contributed by atoms with van der Waals surface area (Å²) in [5.74, 6) is 0.120. The Bertz CT molecular complexity index is 523. The van der Waals surface area contributed by atoms with Crippen LogP contribution in [0.1, 0.15) is 16.2 Å². The maximum atomic E-state index is 12.7. The quantitative estimate of drug-likeness (QED) is 0.724. The lowest BCUT2D eigenvalue weighted by Gasteiger charge is -2.02. The number of aromatic nitrogens is 2. The summed E-state index contributed by atoms with van der Waals surface area (Å²) >= 11 is 0. The van der Waals surface area contributed by atoms with Crippen LogP contribution in [0.3, 0.4) is 0 Å². The molecule has 2 rings (SSSR count). The molecule has 0 spiro atoms. The molecule has 0 radical (unpaired) electrons. The van der Waals surface area contributed by atoms with Gasteiger partial charge >= 0.3 is 0 Å². The molecule has 0 N–H and O–H groups in total. The topological polar surface area (TPSA) is 42.9 Å². The first-order valence-electron chi connectivity index (χ1n) is 4.76. The second-order valence-electron chi connectivity index (χ2n) is 3.38. The molecule has 1 aromatic carbocycles. The Balaban J connectivity index is 2.51. The Morgan fingerprint density at radius 2 is 1.88 bits per heavy atom. The summed E-state index contributed by atoms with van der Waals surface area (Å²) in [6.45, 7) is 1.78. The molecule has 2 aromatic rings. The van der Waals surface area contributed by atoms with E-state index in [1.54, 1.807) is 25.1 Å². The lowest BCUT2D eigenvalue weighted by atomic mass is 10.2. The smallest absolute Gasteiger partial charge is 0.168 e. The molecule has 1 heterocycles. The lowest BCUT2D eigenvalue weighted by Crippen LogP contribution is -1.96. The molecule has 4 heteroatoms. The standard InChI is InChI=1S/C12H9FN2O/c1-8-6-11(7-16)15-12(14-8)9-2-4-10(13)5-3-9/h2-7H,1H3. The number of nitrogens with zero attached hydrogens (tertiary/aromatic N) is 2. The van der Waals surface area contributed by atoms with Crippen LogP contribution in [0.5, 0.6) is 0 Å². The monoisotopic (exact) mass is 216 g/mol. The molecule has 0 saturated carbocycles. The predicted molar refractivity (Wildman–Crippen MR) is 57.6 cm³/mol. The lowest BCUT2D eigenvalue weighted by molar-refractivity contribution is 0.111. The first-order chi connectivity index (χ1) is 7.69. The van der Waals surface area contributed by atoms with Crippen molar-refractivity contribution in [1.29, 1.82) is 0 Å². The van der Waals surface area contributed by atoms with E-state index in [2.05, 4.69) is 9.97 Å². The molecule has 0 aliphatic carbocycles. The number of hydrogen-bond donors (Lipinski definition) is 0. The third kappa shape index (κ3) is 2.11. The third-order valence-corrected chi connectivity index (χ3v) is 2.10. The van der Waals surface area contributed by atoms with Gasteiger partial charge in [0.2, 0.25) is 0 Å². The molecule has 3 nitrogen and oxygen atoms in total. The number of carbonyl (C=O) groups excluding carboxylic acids is 1.